The molecule has 1 aromatic heterocycles. The SMILES string of the molecule is O=C(NC1CCS(=O)(=O)CC1)c1cn[nH]c1-c1ccccc1F. The third-order valence-electron chi connectivity index (χ3n) is 3.92. The molecule has 8 heteroatoms. The Bertz CT molecular complexity index is 818. The number of carbonyl (C=O) groups is 1. The largest absolute Gasteiger partial charge is 0.349 e. The molecule has 6 nitrogen and oxygen atoms in total. The molecule has 1 aromatic carbocycles. The Balaban J connectivity index is 1.77. The van der Waals surface area contributed by atoms with E-state index >= 15 is 0 Å². The number of H-pyrrole nitrogens is 1. The molecule has 2 heterocycles. The van der Waals surface area contributed by atoms with Gasteiger partial charge in [0.15, 0.2) is 0 Å². The fraction of sp³-hybridized carbons (Fsp3) is 0.333. The van der Waals surface area contributed by atoms with E-state index < -0.39 is 15.7 Å². The van der Waals surface area contributed by atoms with Gasteiger partial charge in [-0.2, -0.15) is 5.10 Å². The van der Waals surface area contributed by atoms with Crippen molar-refractivity contribution < 1.29 is 17.6 Å². The van der Waals surface area contributed by atoms with Crippen LogP contribution in [-0.2, 0) is 9.84 Å². The lowest BCUT2D eigenvalue weighted by molar-refractivity contribution is 0.0935. The number of aromatic amines is 1. The van der Waals surface area contributed by atoms with Crippen LogP contribution in [0.15, 0.2) is 30.5 Å². The van der Waals surface area contributed by atoms with Crippen LogP contribution < -0.4 is 5.32 Å². The van der Waals surface area contributed by atoms with Crippen molar-refractivity contribution in [1.82, 2.24) is 15.5 Å². The van der Waals surface area contributed by atoms with Crippen LogP contribution in [0.1, 0.15) is 23.2 Å². The first kappa shape index (κ1) is 15.7. The maximum absolute atomic E-state index is 13.9. The normalized spacial score (nSPS) is 17.8. The molecule has 0 unspecified atom stereocenters. The van der Waals surface area contributed by atoms with E-state index in [9.17, 15) is 17.6 Å². The quantitative estimate of drug-likeness (QED) is 0.888. The average molecular weight is 337 g/mol. The molecule has 23 heavy (non-hydrogen) atoms. The van der Waals surface area contributed by atoms with E-state index in [2.05, 4.69) is 15.5 Å². The first-order valence-corrected chi connectivity index (χ1v) is 9.08. The second-order valence-electron chi connectivity index (χ2n) is 5.54. The van der Waals surface area contributed by atoms with Crippen LogP contribution in [-0.4, -0.2) is 42.1 Å². The maximum Gasteiger partial charge on any atom is 0.255 e. The number of nitrogens with zero attached hydrogens (tertiary/aromatic N) is 1. The van der Waals surface area contributed by atoms with Gasteiger partial charge < -0.3 is 5.32 Å². The average Bonchev–Trinajstić information content (AvgIpc) is 2.99. The summed E-state index contributed by atoms with van der Waals surface area (Å²) in [6.45, 7) is 0. The van der Waals surface area contributed by atoms with E-state index in [1.807, 2.05) is 0 Å². The van der Waals surface area contributed by atoms with Crippen molar-refractivity contribution in [2.45, 2.75) is 18.9 Å². The smallest absolute Gasteiger partial charge is 0.255 e. The van der Waals surface area contributed by atoms with Gasteiger partial charge in [-0.3, -0.25) is 9.89 Å². The summed E-state index contributed by atoms with van der Waals surface area (Å²) in [5.74, 6) is -0.691. The number of sulfone groups is 1. The van der Waals surface area contributed by atoms with E-state index in [1.165, 1.54) is 12.3 Å². The van der Waals surface area contributed by atoms with Gasteiger partial charge in [-0.15, -0.1) is 0 Å². The molecule has 1 aliphatic heterocycles. The highest BCUT2D eigenvalue weighted by atomic mass is 32.2. The monoisotopic (exact) mass is 337 g/mol. The molecule has 1 amide bonds. The van der Waals surface area contributed by atoms with Gasteiger partial charge in [0.1, 0.15) is 15.7 Å². The molecule has 1 fully saturated rings. The Morgan fingerprint density at radius 2 is 1.96 bits per heavy atom. The summed E-state index contributed by atoms with van der Waals surface area (Å²) in [5.41, 5.74) is 0.814. The topological polar surface area (TPSA) is 91.9 Å². The summed E-state index contributed by atoms with van der Waals surface area (Å²) in [5, 5.41) is 9.28. The van der Waals surface area contributed by atoms with Crippen LogP contribution in [0, 0.1) is 5.82 Å². The first-order chi connectivity index (χ1) is 11.0. The van der Waals surface area contributed by atoms with Crippen molar-refractivity contribution >= 4 is 15.7 Å². The molecule has 2 aromatic rings. The van der Waals surface area contributed by atoms with E-state index in [0.717, 1.165) is 0 Å². The molecule has 0 aliphatic carbocycles. The number of amides is 1. The van der Waals surface area contributed by atoms with Gasteiger partial charge in [0.2, 0.25) is 0 Å². The standard InChI is InChI=1S/C15H16FN3O3S/c16-13-4-2-1-3-11(13)14-12(9-17-19-14)15(20)18-10-5-7-23(21,22)8-6-10/h1-4,9-10H,5-8H2,(H,17,19)(H,18,20). The number of halogens is 1. The van der Waals surface area contributed by atoms with Gasteiger partial charge in [-0.25, -0.2) is 12.8 Å². The zero-order chi connectivity index (χ0) is 16.4. The number of carbonyl (C=O) groups excluding carboxylic acids is 1. The lowest BCUT2D eigenvalue weighted by Crippen LogP contribution is -2.40. The number of rotatable bonds is 3. The summed E-state index contributed by atoms with van der Waals surface area (Å²) in [6.07, 6.45) is 2.12. The molecular formula is C15H16FN3O3S. The number of aromatic nitrogens is 2. The molecule has 0 bridgehead atoms. The van der Waals surface area contributed by atoms with Gasteiger partial charge >= 0.3 is 0 Å². The predicted molar refractivity (Wildman–Crippen MR) is 83.1 cm³/mol. The minimum Gasteiger partial charge on any atom is -0.349 e. The third-order valence-corrected chi connectivity index (χ3v) is 5.63. The van der Waals surface area contributed by atoms with Crippen LogP contribution >= 0.6 is 0 Å². The summed E-state index contributed by atoms with van der Waals surface area (Å²) in [4.78, 5) is 12.4. The van der Waals surface area contributed by atoms with Gasteiger partial charge in [0.25, 0.3) is 5.91 Å². The van der Waals surface area contributed by atoms with E-state index in [-0.39, 0.29) is 34.6 Å². The Hall–Kier alpha value is -2.22. The Morgan fingerprint density at radius 1 is 1.26 bits per heavy atom. The fourth-order valence-electron chi connectivity index (χ4n) is 2.63. The van der Waals surface area contributed by atoms with Gasteiger partial charge in [0.05, 0.1) is 29.0 Å². The van der Waals surface area contributed by atoms with Crippen LogP contribution in [0.4, 0.5) is 4.39 Å². The second-order valence-corrected chi connectivity index (χ2v) is 7.84. The highest BCUT2D eigenvalue weighted by molar-refractivity contribution is 7.91. The van der Waals surface area contributed by atoms with Crippen molar-refractivity contribution in [3.8, 4) is 11.3 Å². The van der Waals surface area contributed by atoms with Crippen LogP contribution in [0.3, 0.4) is 0 Å². The van der Waals surface area contributed by atoms with Crippen molar-refractivity contribution in [2.75, 3.05) is 11.5 Å². The summed E-state index contributed by atoms with van der Waals surface area (Å²) in [7, 11) is -2.98. The van der Waals surface area contributed by atoms with Crippen molar-refractivity contribution in [3.05, 3.63) is 41.8 Å². The van der Waals surface area contributed by atoms with Gasteiger partial charge in [-0.05, 0) is 25.0 Å². The van der Waals surface area contributed by atoms with E-state index in [4.69, 9.17) is 0 Å². The summed E-state index contributed by atoms with van der Waals surface area (Å²) >= 11 is 0. The Labute approximate surface area is 133 Å². The number of nitrogens with one attached hydrogen (secondary N) is 2. The zero-order valence-electron chi connectivity index (χ0n) is 12.3. The minimum absolute atomic E-state index is 0.0729. The number of benzene rings is 1. The fourth-order valence-corrected chi connectivity index (χ4v) is 4.12. The van der Waals surface area contributed by atoms with Crippen LogP contribution in [0.25, 0.3) is 11.3 Å². The van der Waals surface area contributed by atoms with Crippen molar-refractivity contribution in [1.29, 1.82) is 0 Å². The van der Waals surface area contributed by atoms with Gasteiger partial charge in [-0.1, -0.05) is 12.1 Å². The lowest BCUT2D eigenvalue weighted by atomic mass is 10.1. The molecule has 2 N–H and O–H groups in total. The third kappa shape index (κ3) is 3.42. The molecule has 0 spiro atoms. The van der Waals surface area contributed by atoms with Crippen molar-refractivity contribution in [2.24, 2.45) is 0 Å². The molecule has 1 saturated heterocycles. The number of hydrogen-bond acceptors (Lipinski definition) is 4. The molecule has 0 saturated carbocycles. The molecular weight excluding hydrogens is 321 g/mol. The second kappa shape index (κ2) is 6.11. The van der Waals surface area contributed by atoms with Crippen LogP contribution in [0.5, 0.6) is 0 Å². The highest BCUT2D eigenvalue weighted by Gasteiger charge is 2.26. The first-order valence-electron chi connectivity index (χ1n) is 7.26. The molecule has 1 aliphatic rings. The van der Waals surface area contributed by atoms with Gasteiger partial charge in [0, 0.05) is 11.6 Å². The van der Waals surface area contributed by atoms with Crippen molar-refractivity contribution in [3.63, 3.8) is 0 Å². The number of hydrogen-bond donors (Lipinski definition) is 2. The Kier molecular flexibility index (Phi) is 4.16. The Morgan fingerprint density at radius 3 is 2.65 bits per heavy atom. The van der Waals surface area contributed by atoms with E-state index in [0.29, 0.717) is 18.5 Å². The minimum atomic E-state index is -2.98. The van der Waals surface area contributed by atoms with E-state index in [1.54, 1.807) is 18.2 Å². The van der Waals surface area contributed by atoms with Crippen LogP contribution in [0.2, 0.25) is 0 Å². The lowest BCUT2D eigenvalue weighted by Gasteiger charge is -2.23. The molecule has 3 rings (SSSR count). The summed E-state index contributed by atoms with van der Waals surface area (Å²) < 4.78 is 36.7. The summed E-state index contributed by atoms with van der Waals surface area (Å²) in [6, 6.07) is 5.91. The zero-order valence-corrected chi connectivity index (χ0v) is 13.1. The predicted octanol–water partition coefficient (Wildman–Crippen LogP) is 1.52. The molecule has 0 radical (unpaired) electrons. The molecule has 0 atom stereocenters. The highest BCUT2D eigenvalue weighted by Crippen LogP contribution is 2.24. The molecule has 122 valence electrons. The maximum atomic E-state index is 13.9.